The number of likely N-dealkylation sites (N-methyl/N-ethyl adjacent to an activating group) is 1. The Hall–Kier alpha value is -3.10. The summed E-state index contributed by atoms with van der Waals surface area (Å²) in [5, 5.41) is 9.70. The first kappa shape index (κ1) is 37.7. The van der Waals surface area contributed by atoms with Gasteiger partial charge in [-0.3, -0.25) is 9.69 Å². The van der Waals surface area contributed by atoms with E-state index in [0.717, 1.165) is 63.8 Å². The summed E-state index contributed by atoms with van der Waals surface area (Å²) in [6.45, 7) is 7.07. The summed E-state index contributed by atoms with van der Waals surface area (Å²) < 4.78 is 39.0. The van der Waals surface area contributed by atoms with Crippen LogP contribution in [0.25, 0.3) is 0 Å². The summed E-state index contributed by atoms with van der Waals surface area (Å²) in [6.07, 6.45) is 7.33. The number of carboxylic acid groups (broad SMARTS) is 1. The Bertz CT molecular complexity index is 1330. The number of allylic oxidation sites excluding steroid dienone is 4. The van der Waals surface area contributed by atoms with Crippen LogP contribution in [0.5, 0.6) is 0 Å². The van der Waals surface area contributed by atoms with Crippen LogP contribution in [0.2, 0.25) is 0 Å². The molecule has 0 aromatic heterocycles. The molecular formula is C40H56F3N3O2. The molecule has 2 saturated heterocycles. The fourth-order valence-electron chi connectivity index (χ4n) is 7.78. The van der Waals surface area contributed by atoms with Gasteiger partial charge in [0.05, 0.1) is 0 Å². The van der Waals surface area contributed by atoms with Gasteiger partial charge in [0, 0.05) is 25.7 Å². The highest BCUT2D eigenvalue weighted by molar-refractivity contribution is 5.74. The Morgan fingerprint density at radius 1 is 0.917 bits per heavy atom. The molecule has 2 aromatic carbocycles. The minimum Gasteiger partial charge on any atom is -0.480 e. The van der Waals surface area contributed by atoms with Crippen LogP contribution >= 0.6 is 0 Å². The SMILES string of the molecule is CC(C)=C(/C=C(/Cc1ccccc1)N(C)CC(F)(F)F)C1CCN(C)CC1.O=C(O)C(C1CCCCC1)N1CC[C@@H](c2ccccc2)C1. The number of likely N-dealkylation sites (tertiary alicyclic amines) is 2. The lowest BCUT2D eigenvalue weighted by atomic mass is 9.83. The second kappa shape index (κ2) is 18.1. The van der Waals surface area contributed by atoms with E-state index in [0.29, 0.717) is 29.9 Å². The Balaban J connectivity index is 0.000000223. The molecule has 1 aliphatic carbocycles. The molecule has 0 amide bonds. The van der Waals surface area contributed by atoms with Crippen LogP contribution in [0.4, 0.5) is 13.2 Å². The molecule has 8 heteroatoms. The van der Waals surface area contributed by atoms with E-state index >= 15 is 0 Å². The van der Waals surface area contributed by atoms with E-state index in [9.17, 15) is 23.1 Å². The van der Waals surface area contributed by atoms with E-state index in [-0.39, 0.29) is 6.04 Å². The summed E-state index contributed by atoms with van der Waals surface area (Å²) in [7, 11) is 3.66. The Kier molecular flexibility index (Phi) is 14.2. The minimum absolute atomic E-state index is 0.265. The maximum absolute atomic E-state index is 13.0. The third-order valence-corrected chi connectivity index (χ3v) is 10.4. The van der Waals surface area contributed by atoms with Gasteiger partial charge in [0.1, 0.15) is 12.6 Å². The third kappa shape index (κ3) is 11.5. The average molecular weight is 668 g/mol. The van der Waals surface area contributed by atoms with E-state index < -0.39 is 18.7 Å². The molecule has 1 N–H and O–H groups in total. The fraction of sp³-hybridized carbons (Fsp3) is 0.575. The van der Waals surface area contributed by atoms with Gasteiger partial charge in [-0.2, -0.15) is 13.2 Å². The van der Waals surface area contributed by atoms with Crippen molar-refractivity contribution < 1.29 is 23.1 Å². The van der Waals surface area contributed by atoms with Crippen molar-refractivity contribution in [3.8, 4) is 0 Å². The zero-order valence-corrected chi connectivity index (χ0v) is 29.4. The average Bonchev–Trinajstić information content (AvgIpc) is 3.54. The van der Waals surface area contributed by atoms with Gasteiger partial charge in [0.15, 0.2) is 0 Å². The topological polar surface area (TPSA) is 47.0 Å². The number of aliphatic carboxylic acids is 1. The largest absolute Gasteiger partial charge is 0.480 e. The molecule has 2 heterocycles. The van der Waals surface area contributed by atoms with E-state index in [1.54, 1.807) is 7.05 Å². The Labute approximate surface area is 286 Å². The predicted octanol–water partition coefficient (Wildman–Crippen LogP) is 8.79. The van der Waals surface area contributed by atoms with Crippen molar-refractivity contribution in [3.63, 3.8) is 0 Å². The summed E-state index contributed by atoms with van der Waals surface area (Å²) >= 11 is 0. The van der Waals surface area contributed by atoms with Crippen LogP contribution in [-0.2, 0) is 11.2 Å². The fourth-order valence-corrected chi connectivity index (χ4v) is 7.78. The highest BCUT2D eigenvalue weighted by atomic mass is 19.4. The molecule has 0 spiro atoms. The maximum atomic E-state index is 13.0. The number of hydrogen-bond donors (Lipinski definition) is 1. The predicted molar refractivity (Wildman–Crippen MR) is 189 cm³/mol. The van der Waals surface area contributed by atoms with Gasteiger partial charge in [0.25, 0.3) is 0 Å². The molecule has 264 valence electrons. The number of hydrogen-bond acceptors (Lipinski definition) is 4. The van der Waals surface area contributed by atoms with Crippen LogP contribution in [0, 0.1) is 11.8 Å². The zero-order valence-electron chi connectivity index (χ0n) is 29.4. The number of carboxylic acids is 1. The quantitative estimate of drug-likeness (QED) is 0.257. The standard InChI is InChI=1S/C22H31F3N2.C18H25NO2/c1-17(2)21(19-10-12-26(3)13-11-19)15-20(27(4)16-22(23,24)25)14-18-8-6-5-7-9-18;20-18(21)17(15-9-5-2-6-10-15)19-12-11-16(13-19)14-7-3-1-4-8-14/h5-9,15,19H,10-14,16H2,1-4H3;1,3-4,7-8,15-17H,2,5-6,9-13H2,(H,20,21)/b20-15-;/t;16-,17?/m.1/s1. The number of rotatable bonds is 10. The number of halogens is 3. The summed E-state index contributed by atoms with van der Waals surface area (Å²) in [4.78, 5) is 17.7. The first-order valence-corrected chi connectivity index (χ1v) is 17.8. The van der Waals surface area contributed by atoms with E-state index in [2.05, 4.69) is 55.0 Å². The molecule has 48 heavy (non-hydrogen) atoms. The molecule has 2 aliphatic heterocycles. The smallest absolute Gasteiger partial charge is 0.405 e. The summed E-state index contributed by atoms with van der Waals surface area (Å²) in [5.74, 6) is 0.647. The molecule has 5 nitrogen and oxygen atoms in total. The molecule has 1 unspecified atom stereocenters. The minimum atomic E-state index is -4.22. The van der Waals surface area contributed by atoms with E-state index in [1.807, 2.05) is 42.5 Å². The van der Waals surface area contributed by atoms with Gasteiger partial charge < -0.3 is 14.9 Å². The van der Waals surface area contributed by atoms with Crippen molar-refractivity contribution in [2.75, 3.05) is 46.8 Å². The Morgan fingerprint density at radius 3 is 2.08 bits per heavy atom. The van der Waals surface area contributed by atoms with Crippen molar-refractivity contribution in [1.29, 1.82) is 0 Å². The summed E-state index contributed by atoms with van der Waals surface area (Å²) in [6, 6.07) is 20.0. The molecule has 3 fully saturated rings. The highest BCUT2D eigenvalue weighted by Gasteiger charge is 2.38. The van der Waals surface area contributed by atoms with Crippen LogP contribution in [0.1, 0.15) is 82.3 Å². The molecule has 2 atom stereocenters. The monoisotopic (exact) mass is 667 g/mol. The lowest BCUT2D eigenvalue weighted by Crippen LogP contribution is -2.45. The van der Waals surface area contributed by atoms with Gasteiger partial charge >= 0.3 is 12.1 Å². The van der Waals surface area contributed by atoms with Crippen molar-refractivity contribution in [2.45, 2.75) is 89.8 Å². The van der Waals surface area contributed by atoms with Crippen molar-refractivity contribution >= 4 is 5.97 Å². The lowest BCUT2D eigenvalue weighted by molar-refractivity contribution is -0.145. The first-order chi connectivity index (χ1) is 22.9. The maximum Gasteiger partial charge on any atom is 0.405 e. The first-order valence-electron chi connectivity index (χ1n) is 17.8. The molecule has 2 aromatic rings. The van der Waals surface area contributed by atoms with Crippen LogP contribution in [0.15, 0.2) is 83.6 Å². The normalized spacial score (nSPS) is 20.9. The molecular weight excluding hydrogens is 611 g/mol. The molecule has 0 radical (unpaired) electrons. The van der Waals surface area contributed by atoms with Gasteiger partial charge in [-0.25, -0.2) is 0 Å². The lowest BCUT2D eigenvalue weighted by Gasteiger charge is -2.33. The van der Waals surface area contributed by atoms with E-state index in [1.165, 1.54) is 40.9 Å². The second-order valence-corrected chi connectivity index (χ2v) is 14.4. The number of benzene rings is 2. The van der Waals surface area contributed by atoms with Crippen molar-refractivity contribution in [2.24, 2.45) is 11.8 Å². The summed E-state index contributed by atoms with van der Waals surface area (Å²) in [5.41, 5.74) is 5.48. The van der Waals surface area contributed by atoms with Crippen LogP contribution in [-0.4, -0.2) is 84.8 Å². The molecule has 3 aliphatic rings. The molecule has 1 saturated carbocycles. The molecule has 0 bridgehead atoms. The highest BCUT2D eigenvalue weighted by Crippen LogP contribution is 2.35. The number of piperidine rings is 1. The van der Waals surface area contributed by atoms with Crippen molar-refractivity contribution in [3.05, 3.63) is 94.7 Å². The molecule has 5 rings (SSSR count). The van der Waals surface area contributed by atoms with Crippen LogP contribution in [0.3, 0.4) is 0 Å². The van der Waals surface area contributed by atoms with Gasteiger partial charge in [0.2, 0.25) is 0 Å². The Morgan fingerprint density at radius 2 is 1.52 bits per heavy atom. The zero-order chi connectivity index (χ0) is 34.7. The second-order valence-electron chi connectivity index (χ2n) is 14.4. The number of carbonyl (C=O) groups is 1. The van der Waals surface area contributed by atoms with Crippen molar-refractivity contribution in [1.82, 2.24) is 14.7 Å². The van der Waals surface area contributed by atoms with Crippen LogP contribution < -0.4 is 0 Å². The van der Waals surface area contributed by atoms with E-state index in [4.69, 9.17) is 0 Å². The third-order valence-electron chi connectivity index (χ3n) is 10.4. The number of nitrogens with zero attached hydrogens (tertiary/aromatic N) is 3. The number of alkyl halides is 3. The van der Waals surface area contributed by atoms with Gasteiger partial charge in [-0.15, -0.1) is 0 Å². The van der Waals surface area contributed by atoms with Gasteiger partial charge in [-0.05, 0) is 113 Å². The van der Waals surface area contributed by atoms with Gasteiger partial charge in [-0.1, -0.05) is 85.5 Å².